The van der Waals surface area contributed by atoms with Crippen LogP contribution in [0.2, 0.25) is 0 Å². The zero-order chi connectivity index (χ0) is 14.4. The van der Waals surface area contributed by atoms with Gasteiger partial charge in [-0.15, -0.1) is 0 Å². The van der Waals surface area contributed by atoms with Crippen LogP contribution in [0.5, 0.6) is 5.75 Å². The van der Waals surface area contributed by atoms with Crippen LogP contribution in [0.1, 0.15) is 32.4 Å². The van der Waals surface area contributed by atoms with Crippen LogP contribution >= 0.6 is 0 Å². The van der Waals surface area contributed by atoms with Crippen LogP contribution in [-0.4, -0.2) is 25.6 Å². The van der Waals surface area contributed by atoms with Gasteiger partial charge in [-0.2, -0.15) is 0 Å². The summed E-state index contributed by atoms with van der Waals surface area (Å²) in [5, 5.41) is 5.79. The second kappa shape index (κ2) is 7.09. The molecule has 0 aliphatic carbocycles. The standard InChI is InChI=1S/C14H21FN2O2/c1-5-16-14(18)10(3)17-9(2)12-7-6-11(19-4)8-13(12)15/h6-10,17H,5H2,1-4H3,(H,16,18). The third kappa shape index (κ3) is 4.21. The molecule has 2 atom stereocenters. The van der Waals surface area contributed by atoms with Crippen LogP contribution in [0.15, 0.2) is 18.2 Å². The molecule has 106 valence electrons. The first kappa shape index (κ1) is 15.4. The average molecular weight is 268 g/mol. The van der Waals surface area contributed by atoms with Crippen molar-refractivity contribution in [1.82, 2.24) is 10.6 Å². The Morgan fingerprint density at radius 2 is 2.11 bits per heavy atom. The van der Waals surface area contributed by atoms with Gasteiger partial charge in [-0.05, 0) is 26.8 Å². The zero-order valence-corrected chi connectivity index (χ0v) is 11.8. The summed E-state index contributed by atoms with van der Waals surface area (Å²) >= 11 is 0. The van der Waals surface area contributed by atoms with E-state index in [9.17, 15) is 9.18 Å². The lowest BCUT2D eigenvalue weighted by Gasteiger charge is -2.20. The van der Waals surface area contributed by atoms with Crippen molar-refractivity contribution in [1.29, 1.82) is 0 Å². The molecular formula is C14H21FN2O2. The molecule has 2 unspecified atom stereocenters. The molecule has 0 aliphatic rings. The largest absolute Gasteiger partial charge is 0.497 e. The average Bonchev–Trinajstić information content (AvgIpc) is 2.38. The Kier molecular flexibility index (Phi) is 5.76. The van der Waals surface area contributed by atoms with Crippen molar-refractivity contribution in [2.24, 2.45) is 0 Å². The minimum atomic E-state index is -0.378. The SMILES string of the molecule is CCNC(=O)C(C)NC(C)c1ccc(OC)cc1F. The predicted octanol–water partition coefficient (Wildman–Crippen LogP) is 2.01. The highest BCUT2D eigenvalue weighted by Crippen LogP contribution is 2.21. The van der Waals surface area contributed by atoms with Crippen LogP contribution in [-0.2, 0) is 4.79 Å². The fraction of sp³-hybridized carbons (Fsp3) is 0.500. The molecule has 0 heterocycles. The molecule has 0 radical (unpaired) electrons. The maximum atomic E-state index is 13.9. The Balaban J connectivity index is 2.72. The lowest BCUT2D eigenvalue weighted by Crippen LogP contribution is -2.43. The number of likely N-dealkylation sites (N-methyl/N-ethyl adjacent to an activating group) is 1. The molecule has 19 heavy (non-hydrogen) atoms. The summed E-state index contributed by atoms with van der Waals surface area (Å²) in [6, 6.07) is 4.06. The molecule has 1 aromatic rings. The lowest BCUT2D eigenvalue weighted by molar-refractivity contribution is -0.122. The number of amides is 1. The first-order valence-electron chi connectivity index (χ1n) is 6.36. The summed E-state index contributed by atoms with van der Waals surface area (Å²) in [7, 11) is 1.49. The molecule has 1 rings (SSSR count). The molecule has 0 fully saturated rings. The number of halogens is 1. The van der Waals surface area contributed by atoms with Crippen molar-refractivity contribution < 1.29 is 13.9 Å². The summed E-state index contributed by atoms with van der Waals surface area (Å²) in [4.78, 5) is 11.6. The monoisotopic (exact) mass is 268 g/mol. The van der Waals surface area contributed by atoms with Crippen molar-refractivity contribution in [3.63, 3.8) is 0 Å². The number of methoxy groups -OCH3 is 1. The van der Waals surface area contributed by atoms with Crippen LogP contribution in [0.4, 0.5) is 4.39 Å². The van der Waals surface area contributed by atoms with E-state index in [2.05, 4.69) is 10.6 Å². The van der Waals surface area contributed by atoms with Crippen LogP contribution < -0.4 is 15.4 Å². The summed E-state index contributed by atoms with van der Waals surface area (Å²) < 4.78 is 18.8. The molecule has 0 aliphatic heterocycles. The number of carbonyl (C=O) groups is 1. The van der Waals surface area contributed by atoms with Gasteiger partial charge >= 0.3 is 0 Å². The van der Waals surface area contributed by atoms with Gasteiger partial charge in [-0.3, -0.25) is 10.1 Å². The van der Waals surface area contributed by atoms with Crippen molar-refractivity contribution in [3.05, 3.63) is 29.6 Å². The van der Waals surface area contributed by atoms with Gasteiger partial charge in [0.1, 0.15) is 11.6 Å². The summed E-state index contributed by atoms with van der Waals surface area (Å²) in [6.45, 7) is 6.01. The van der Waals surface area contributed by atoms with E-state index < -0.39 is 0 Å². The van der Waals surface area contributed by atoms with Gasteiger partial charge in [-0.25, -0.2) is 4.39 Å². The van der Waals surface area contributed by atoms with Gasteiger partial charge in [0.25, 0.3) is 0 Å². The molecule has 0 saturated carbocycles. The number of hydrogen-bond donors (Lipinski definition) is 2. The fourth-order valence-electron chi connectivity index (χ4n) is 1.85. The quantitative estimate of drug-likeness (QED) is 0.829. The first-order chi connectivity index (χ1) is 8.99. The highest BCUT2D eigenvalue weighted by Gasteiger charge is 2.18. The van der Waals surface area contributed by atoms with Crippen molar-refractivity contribution in [2.45, 2.75) is 32.9 Å². The van der Waals surface area contributed by atoms with E-state index in [1.54, 1.807) is 19.1 Å². The molecule has 0 aromatic heterocycles. The molecule has 0 saturated heterocycles. The molecule has 2 N–H and O–H groups in total. The Bertz CT molecular complexity index is 437. The smallest absolute Gasteiger partial charge is 0.236 e. The van der Waals surface area contributed by atoms with Crippen molar-refractivity contribution in [3.8, 4) is 5.75 Å². The van der Waals surface area contributed by atoms with E-state index in [1.165, 1.54) is 13.2 Å². The molecular weight excluding hydrogens is 247 g/mol. The number of benzene rings is 1. The van der Waals surface area contributed by atoms with E-state index in [0.717, 1.165) is 0 Å². The molecule has 0 spiro atoms. The molecule has 0 bridgehead atoms. The van der Waals surface area contributed by atoms with Crippen LogP contribution in [0.25, 0.3) is 0 Å². The third-order valence-corrected chi connectivity index (χ3v) is 2.92. The Hall–Kier alpha value is -1.62. The third-order valence-electron chi connectivity index (χ3n) is 2.92. The number of rotatable bonds is 6. The second-order valence-corrected chi connectivity index (χ2v) is 4.39. The summed E-state index contributed by atoms with van der Waals surface area (Å²) in [5.41, 5.74) is 0.511. The normalized spacial score (nSPS) is 13.7. The highest BCUT2D eigenvalue weighted by atomic mass is 19.1. The number of carbonyl (C=O) groups excluding carboxylic acids is 1. The van der Waals surface area contributed by atoms with Crippen LogP contribution in [0.3, 0.4) is 0 Å². The van der Waals surface area contributed by atoms with E-state index in [0.29, 0.717) is 17.9 Å². The van der Waals surface area contributed by atoms with Gasteiger partial charge in [0.15, 0.2) is 0 Å². The van der Waals surface area contributed by atoms with E-state index in [4.69, 9.17) is 4.74 Å². The molecule has 5 heteroatoms. The Morgan fingerprint density at radius 3 is 2.63 bits per heavy atom. The van der Waals surface area contributed by atoms with Crippen molar-refractivity contribution in [2.75, 3.05) is 13.7 Å². The van der Waals surface area contributed by atoms with Gasteiger partial charge in [-0.1, -0.05) is 6.07 Å². The predicted molar refractivity (Wildman–Crippen MR) is 72.6 cm³/mol. The van der Waals surface area contributed by atoms with Crippen molar-refractivity contribution >= 4 is 5.91 Å². The van der Waals surface area contributed by atoms with Gasteiger partial charge < -0.3 is 10.1 Å². The summed E-state index contributed by atoms with van der Waals surface area (Å²) in [5.74, 6) is 0.0379. The minimum Gasteiger partial charge on any atom is -0.497 e. The van der Waals surface area contributed by atoms with E-state index in [1.807, 2.05) is 13.8 Å². The number of hydrogen-bond acceptors (Lipinski definition) is 3. The topological polar surface area (TPSA) is 50.4 Å². The molecule has 1 aromatic carbocycles. The lowest BCUT2D eigenvalue weighted by atomic mass is 10.1. The highest BCUT2D eigenvalue weighted by molar-refractivity contribution is 5.81. The summed E-state index contributed by atoms with van der Waals surface area (Å²) in [6.07, 6.45) is 0. The van der Waals surface area contributed by atoms with E-state index in [-0.39, 0.29) is 23.8 Å². The van der Waals surface area contributed by atoms with Gasteiger partial charge in [0.05, 0.1) is 13.2 Å². The maximum absolute atomic E-state index is 13.9. The van der Waals surface area contributed by atoms with Gasteiger partial charge in [0, 0.05) is 24.2 Å². The molecule has 4 nitrogen and oxygen atoms in total. The Labute approximate surface area is 113 Å². The maximum Gasteiger partial charge on any atom is 0.236 e. The number of nitrogens with one attached hydrogen (secondary N) is 2. The van der Waals surface area contributed by atoms with Crippen LogP contribution in [0, 0.1) is 5.82 Å². The van der Waals surface area contributed by atoms with Gasteiger partial charge in [0.2, 0.25) is 5.91 Å². The minimum absolute atomic E-state index is 0.0942. The fourth-order valence-corrected chi connectivity index (χ4v) is 1.85. The molecule has 1 amide bonds. The van der Waals surface area contributed by atoms with E-state index >= 15 is 0 Å². The Morgan fingerprint density at radius 1 is 1.42 bits per heavy atom. The first-order valence-corrected chi connectivity index (χ1v) is 6.36. The second-order valence-electron chi connectivity index (χ2n) is 4.39. The number of ether oxygens (including phenoxy) is 1. The zero-order valence-electron chi connectivity index (χ0n) is 11.8.